The molecule has 0 spiro atoms. The van der Waals surface area contributed by atoms with Crippen molar-refractivity contribution in [1.29, 1.82) is 0 Å². The largest absolute Gasteiger partial charge is 0.382 e. The van der Waals surface area contributed by atoms with Crippen molar-refractivity contribution in [2.45, 2.75) is 0 Å². The lowest BCUT2D eigenvalue weighted by atomic mass is 10.5. The summed E-state index contributed by atoms with van der Waals surface area (Å²) in [6.45, 7) is 0. The second-order valence-corrected chi connectivity index (χ2v) is 3.99. The Balaban J connectivity index is 0.000000133. The molecule has 22 heavy (non-hydrogen) atoms. The van der Waals surface area contributed by atoms with E-state index in [4.69, 9.17) is 11.5 Å². The third-order valence-corrected chi connectivity index (χ3v) is 2.56. The van der Waals surface area contributed by atoms with Gasteiger partial charge in [-0.15, -0.1) is 0 Å². The summed E-state index contributed by atoms with van der Waals surface area (Å²) < 4.78 is 0. The number of hydrogen-bond acceptors (Lipinski definition) is 8. The smallest absolute Gasteiger partial charge is 0.370 e. The zero-order valence-corrected chi connectivity index (χ0v) is 10.8. The minimum Gasteiger partial charge on any atom is -0.382 e. The van der Waals surface area contributed by atoms with Crippen molar-refractivity contribution in [3.05, 3.63) is 33.9 Å². The quantitative estimate of drug-likeness (QED) is 0.354. The topological polar surface area (TPSA) is 194 Å². The molecular weight excluding hydrogens is 292 g/mol. The Kier molecular flexibility index (Phi) is 3.02. The lowest BCUT2D eigenvalue weighted by Gasteiger charge is -1.89. The number of anilines is 2. The first-order chi connectivity index (χ1) is 10.5. The number of carbonyl (C=O) groups is 1. The number of nitrogens with one attached hydrogen (secondary N) is 2. The molecule has 6 N–H and O–H groups in total. The first-order valence-corrected chi connectivity index (χ1v) is 5.81. The number of nitrogens with two attached hydrogens (primary N) is 2. The number of rotatable bonds is 0. The number of nitrogen functional groups attached to an aromatic ring is 2. The highest BCUT2D eigenvalue weighted by Gasteiger charge is 2.09. The average molecular weight is 300 g/mol. The van der Waals surface area contributed by atoms with Crippen molar-refractivity contribution in [3.8, 4) is 0 Å². The Morgan fingerprint density at radius 2 is 1.86 bits per heavy atom. The van der Waals surface area contributed by atoms with E-state index in [0.29, 0.717) is 17.0 Å². The first-order valence-electron chi connectivity index (χ1n) is 5.81. The molecule has 3 aromatic heterocycles. The lowest BCUT2D eigenvalue weighted by Crippen LogP contribution is -2.41. The lowest BCUT2D eigenvalue weighted by molar-refractivity contribution is 0.256. The van der Waals surface area contributed by atoms with E-state index in [9.17, 15) is 9.59 Å². The molecule has 0 unspecified atom stereocenters. The maximum absolute atomic E-state index is 11.0. The van der Waals surface area contributed by atoms with Gasteiger partial charge in [0.15, 0.2) is 22.3 Å². The average Bonchev–Trinajstić information content (AvgIpc) is 3.06. The van der Waals surface area contributed by atoms with Crippen molar-refractivity contribution in [2.24, 2.45) is 9.98 Å². The van der Waals surface area contributed by atoms with E-state index in [1.165, 1.54) is 12.7 Å². The van der Waals surface area contributed by atoms with E-state index in [2.05, 4.69) is 39.9 Å². The second kappa shape index (κ2) is 5.01. The van der Waals surface area contributed by atoms with Gasteiger partial charge >= 0.3 is 6.03 Å². The van der Waals surface area contributed by atoms with Gasteiger partial charge in [0.2, 0.25) is 5.95 Å². The summed E-state index contributed by atoms with van der Waals surface area (Å²) >= 11 is 0. The van der Waals surface area contributed by atoms with Gasteiger partial charge in [-0.1, -0.05) is 0 Å². The number of imidazole rings is 1. The molecule has 3 aromatic rings. The fourth-order valence-corrected chi connectivity index (χ4v) is 1.65. The number of hydrogen-bond donors (Lipinski definition) is 4. The summed E-state index contributed by atoms with van der Waals surface area (Å²) in [6, 6.07) is -0.728. The van der Waals surface area contributed by atoms with E-state index in [0.717, 1.165) is 0 Å². The maximum atomic E-state index is 11.0. The number of aromatic nitrogens is 6. The Hall–Kier alpha value is -3.70. The molecule has 0 aliphatic carbocycles. The minimum atomic E-state index is -0.728. The first kappa shape index (κ1) is 13.3. The van der Waals surface area contributed by atoms with Crippen LogP contribution in [0, 0.1) is 0 Å². The van der Waals surface area contributed by atoms with Crippen molar-refractivity contribution >= 4 is 29.0 Å². The fourth-order valence-electron chi connectivity index (χ4n) is 1.65. The van der Waals surface area contributed by atoms with Crippen LogP contribution < -0.4 is 27.9 Å². The number of carbonyl (C=O) groups excluding carboxylic acids is 1. The molecule has 0 bridgehead atoms. The van der Waals surface area contributed by atoms with Gasteiger partial charge in [-0.05, 0) is 0 Å². The Morgan fingerprint density at radius 3 is 2.64 bits per heavy atom. The summed E-state index contributed by atoms with van der Waals surface area (Å²) in [7, 11) is 0. The monoisotopic (exact) mass is 300 g/mol. The second-order valence-electron chi connectivity index (χ2n) is 3.99. The Bertz CT molecular complexity index is 1050. The number of fused-ring (bicyclic) bond motifs is 2. The molecule has 110 valence electrons. The van der Waals surface area contributed by atoms with Crippen LogP contribution in [-0.4, -0.2) is 35.9 Å². The predicted molar refractivity (Wildman–Crippen MR) is 73.1 cm³/mol. The van der Waals surface area contributed by atoms with Gasteiger partial charge < -0.3 is 16.5 Å². The number of nitrogens with zero attached hydrogens (tertiary/aromatic N) is 6. The van der Waals surface area contributed by atoms with Crippen molar-refractivity contribution < 1.29 is 4.79 Å². The SMILES string of the molecule is Nc1nc2c(c(=O)[nH]1)=NC(=O)N=2.Nc1ncnc2nc[nH]c12. The van der Waals surface area contributed by atoms with E-state index < -0.39 is 11.6 Å². The summed E-state index contributed by atoms with van der Waals surface area (Å²) in [5, 5.41) is -0.0748. The normalized spacial score (nSPS) is 12.1. The van der Waals surface area contributed by atoms with Gasteiger partial charge in [-0.25, -0.2) is 19.7 Å². The molecule has 0 fully saturated rings. The molecule has 0 saturated carbocycles. The molecule has 2 amide bonds. The van der Waals surface area contributed by atoms with Gasteiger partial charge in [0.05, 0.1) is 6.33 Å². The van der Waals surface area contributed by atoms with Gasteiger partial charge in [-0.2, -0.15) is 15.0 Å². The van der Waals surface area contributed by atoms with Crippen LogP contribution in [0.3, 0.4) is 0 Å². The molecule has 1 aliphatic rings. The fraction of sp³-hybridized carbons (Fsp3) is 0. The summed E-state index contributed by atoms with van der Waals surface area (Å²) in [5.74, 6) is 0.356. The van der Waals surface area contributed by atoms with E-state index >= 15 is 0 Å². The molecule has 0 aromatic carbocycles. The molecule has 0 radical (unpaired) electrons. The van der Waals surface area contributed by atoms with Crippen LogP contribution in [0.2, 0.25) is 0 Å². The molecule has 0 atom stereocenters. The van der Waals surface area contributed by atoms with Crippen molar-refractivity contribution in [3.63, 3.8) is 0 Å². The van der Waals surface area contributed by atoms with Crippen LogP contribution in [0.25, 0.3) is 11.2 Å². The summed E-state index contributed by atoms with van der Waals surface area (Å²) in [6.07, 6.45) is 2.92. The van der Waals surface area contributed by atoms with E-state index in [1.54, 1.807) is 0 Å². The third kappa shape index (κ3) is 2.35. The molecule has 0 saturated heterocycles. The van der Waals surface area contributed by atoms with Crippen LogP contribution >= 0.6 is 0 Å². The highest BCUT2D eigenvalue weighted by molar-refractivity contribution is 5.80. The summed E-state index contributed by atoms with van der Waals surface area (Å²) in [5.41, 5.74) is 11.4. The van der Waals surface area contributed by atoms with Crippen LogP contribution in [0.5, 0.6) is 0 Å². The molecular formula is C10H8N10O2. The van der Waals surface area contributed by atoms with E-state index in [-0.39, 0.29) is 16.8 Å². The van der Waals surface area contributed by atoms with Gasteiger partial charge in [0, 0.05) is 0 Å². The zero-order valence-electron chi connectivity index (χ0n) is 10.8. The molecule has 4 rings (SSSR count). The zero-order chi connectivity index (χ0) is 15.7. The number of H-pyrrole nitrogens is 2. The van der Waals surface area contributed by atoms with Crippen LogP contribution in [0.15, 0.2) is 27.4 Å². The van der Waals surface area contributed by atoms with Gasteiger partial charge in [-0.3, -0.25) is 9.78 Å². The van der Waals surface area contributed by atoms with E-state index in [1.807, 2.05) is 0 Å². The third-order valence-electron chi connectivity index (χ3n) is 2.56. The number of amides is 2. The van der Waals surface area contributed by atoms with Crippen LogP contribution in [0.4, 0.5) is 16.6 Å². The van der Waals surface area contributed by atoms with Crippen LogP contribution in [-0.2, 0) is 0 Å². The highest BCUT2D eigenvalue weighted by atomic mass is 16.2. The van der Waals surface area contributed by atoms with Crippen molar-refractivity contribution in [2.75, 3.05) is 11.5 Å². The standard InChI is InChI=1S/C5H3N5O2.C5H5N5/c6-4-8-2-1(3(11)10-4)7-5(12)9-2;6-4-3-5(9-1-7-3)10-2-8-4/h(H3,6,8,9,10,11,12);1-2H,(H3,6,7,8,9,10). The molecule has 12 heteroatoms. The number of aromatic amines is 2. The molecule has 4 heterocycles. The van der Waals surface area contributed by atoms with Gasteiger partial charge in [0.25, 0.3) is 5.56 Å². The molecule has 1 aliphatic heterocycles. The maximum Gasteiger partial charge on any atom is 0.370 e. The number of urea groups is 1. The van der Waals surface area contributed by atoms with Crippen molar-refractivity contribution in [1.82, 2.24) is 29.9 Å². The molecule has 12 nitrogen and oxygen atoms in total. The Labute approximate surface area is 120 Å². The van der Waals surface area contributed by atoms with Gasteiger partial charge in [0.1, 0.15) is 11.8 Å². The highest BCUT2D eigenvalue weighted by Crippen LogP contribution is 2.09. The predicted octanol–water partition coefficient (Wildman–Crippen LogP) is -2.34. The minimum absolute atomic E-state index is 0.0127. The van der Waals surface area contributed by atoms with Crippen LogP contribution in [0.1, 0.15) is 0 Å². The summed E-state index contributed by atoms with van der Waals surface area (Å²) in [4.78, 5) is 48.4. The Morgan fingerprint density at radius 1 is 1.05 bits per heavy atom.